The van der Waals surface area contributed by atoms with Crippen molar-refractivity contribution in [2.45, 2.75) is 51.0 Å². The largest absolute Gasteiger partial charge is 0.370 e. The van der Waals surface area contributed by atoms with Gasteiger partial charge in [-0.05, 0) is 38.0 Å². The van der Waals surface area contributed by atoms with Gasteiger partial charge < -0.3 is 10.6 Å². The second kappa shape index (κ2) is 4.85. The van der Waals surface area contributed by atoms with Crippen molar-refractivity contribution >= 4 is 11.8 Å². The van der Waals surface area contributed by atoms with E-state index >= 15 is 0 Å². The van der Waals surface area contributed by atoms with Crippen molar-refractivity contribution in [3.8, 4) is 0 Å². The topological polar surface area (TPSA) is 63.4 Å². The van der Waals surface area contributed by atoms with Gasteiger partial charge in [-0.3, -0.25) is 9.59 Å². The monoisotopic (exact) mass is 224 g/mol. The standard InChI is InChI=1S/C12H20N2O2/c13-11(15)8-9-3-5-10(6-4-9)14-7-1-2-12(14)16/h9-10H,1-8H2,(H2,13,15). The third kappa shape index (κ3) is 2.54. The fraction of sp³-hybridized carbons (Fsp3) is 0.833. The zero-order valence-electron chi connectivity index (χ0n) is 9.65. The van der Waals surface area contributed by atoms with Gasteiger partial charge in [-0.15, -0.1) is 0 Å². The molecule has 1 saturated carbocycles. The van der Waals surface area contributed by atoms with Gasteiger partial charge in [-0.25, -0.2) is 0 Å². The maximum Gasteiger partial charge on any atom is 0.222 e. The lowest BCUT2D eigenvalue weighted by Gasteiger charge is -2.34. The van der Waals surface area contributed by atoms with Gasteiger partial charge in [0.15, 0.2) is 0 Å². The summed E-state index contributed by atoms with van der Waals surface area (Å²) in [7, 11) is 0. The van der Waals surface area contributed by atoms with Crippen LogP contribution in [0.4, 0.5) is 0 Å². The highest BCUT2D eigenvalue weighted by molar-refractivity contribution is 5.78. The molecule has 2 N–H and O–H groups in total. The molecule has 4 heteroatoms. The Hall–Kier alpha value is -1.06. The summed E-state index contributed by atoms with van der Waals surface area (Å²) >= 11 is 0. The number of carbonyl (C=O) groups is 2. The number of carbonyl (C=O) groups excluding carboxylic acids is 2. The maximum absolute atomic E-state index is 11.6. The van der Waals surface area contributed by atoms with Crippen LogP contribution in [0.3, 0.4) is 0 Å². The van der Waals surface area contributed by atoms with Crippen LogP contribution in [-0.4, -0.2) is 29.3 Å². The molecule has 90 valence electrons. The normalized spacial score (nSPS) is 30.8. The molecule has 0 spiro atoms. The van der Waals surface area contributed by atoms with Crippen molar-refractivity contribution in [1.29, 1.82) is 0 Å². The zero-order chi connectivity index (χ0) is 11.5. The van der Waals surface area contributed by atoms with Crippen LogP contribution in [0.2, 0.25) is 0 Å². The predicted octanol–water partition coefficient (Wildman–Crippen LogP) is 1.04. The molecule has 0 atom stereocenters. The van der Waals surface area contributed by atoms with Crippen molar-refractivity contribution < 1.29 is 9.59 Å². The number of primary amides is 1. The van der Waals surface area contributed by atoms with Gasteiger partial charge >= 0.3 is 0 Å². The summed E-state index contributed by atoms with van der Waals surface area (Å²) in [4.78, 5) is 24.4. The Balaban J connectivity index is 1.80. The van der Waals surface area contributed by atoms with E-state index in [0.717, 1.165) is 45.1 Å². The van der Waals surface area contributed by atoms with Crippen LogP contribution in [0.1, 0.15) is 44.9 Å². The maximum atomic E-state index is 11.6. The first-order valence-corrected chi connectivity index (χ1v) is 6.24. The molecule has 0 radical (unpaired) electrons. The molecule has 0 aromatic carbocycles. The molecule has 4 nitrogen and oxygen atoms in total. The lowest BCUT2D eigenvalue weighted by molar-refractivity contribution is -0.130. The zero-order valence-corrected chi connectivity index (χ0v) is 9.65. The van der Waals surface area contributed by atoms with Crippen molar-refractivity contribution in [2.75, 3.05) is 6.54 Å². The van der Waals surface area contributed by atoms with Gasteiger partial charge in [0, 0.05) is 25.4 Å². The lowest BCUT2D eigenvalue weighted by atomic mass is 9.83. The van der Waals surface area contributed by atoms with E-state index in [2.05, 4.69) is 0 Å². The number of hydrogen-bond acceptors (Lipinski definition) is 2. The third-order valence-electron chi connectivity index (χ3n) is 3.86. The lowest BCUT2D eigenvalue weighted by Crippen LogP contribution is -2.39. The number of nitrogens with zero attached hydrogens (tertiary/aromatic N) is 1. The Labute approximate surface area is 96.2 Å². The minimum absolute atomic E-state index is 0.194. The first-order chi connectivity index (χ1) is 7.66. The Morgan fingerprint density at radius 2 is 2.00 bits per heavy atom. The molecule has 2 rings (SSSR count). The summed E-state index contributed by atoms with van der Waals surface area (Å²) < 4.78 is 0. The third-order valence-corrected chi connectivity index (χ3v) is 3.86. The van der Waals surface area contributed by atoms with Crippen molar-refractivity contribution in [2.24, 2.45) is 11.7 Å². The average molecular weight is 224 g/mol. The minimum atomic E-state index is -0.194. The molecule has 0 aromatic heterocycles. The fourth-order valence-corrected chi connectivity index (χ4v) is 3.00. The van der Waals surface area contributed by atoms with Crippen LogP contribution in [-0.2, 0) is 9.59 Å². The van der Waals surface area contributed by atoms with Crippen LogP contribution in [0.15, 0.2) is 0 Å². The van der Waals surface area contributed by atoms with Gasteiger partial charge in [-0.1, -0.05) is 0 Å². The van der Waals surface area contributed by atoms with E-state index in [4.69, 9.17) is 5.73 Å². The number of hydrogen-bond donors (Lipinski definition) is 1. The van der Waals surface area contributed by atoms with E-state index in [-0.39, 0.29) is 5.91 Å². The highest BCUT2D eigenvalue weighted by Crippen LogP contribution is 2.31. The molecule has 0 aromatic rings. The smallest absolute Gasteiger partial charge is 0.222 e. The number of nitrogens with two attached hydrogens (primary N) is 1. The molecule has 1 aliphatic heterocycles. The van der Waals surface area contributed by atoms with Crippen molar-refractivity contribution in [1.82, 2.24) is 4.90 Å². The Morgan fingerprint density at radius 3 is 2.50 bits per heavy atom. The summed E-state index contributed by atoms with van der Waals surface area (Å²) in [6.45, 7) is 0.935. The predicted molar refractivity (Wildman–Crippen MR) is 60.5 cm³/mol. The summed E-state index contributed by atoms with van der Waals surface area (Å²) in [6.07, 6.45) is 6.42. The van der Waals surface area contributed by atoms with E-state index in [1.807, 2.05) is 4.90 Å². The molecule has 2 amide bonds. The van der Waals surface area contributed by atoms with Crippen LogP contribution >= 0.6 is 0 Å². The molecular weight excluding hydrogens is 204 g/mol. The van der Waals surface area contributed by atoms with E-state index < -0.39 is 0 Å². The number of amides is 2. The minimum Gasteiger partial charge on any atom is -0.370 e. The molecular formula is C12H20N2O2. The number of rotatable bonds is 3. The van der Waals surface area contributed by atoms with Gasteiger partial charge in [0.2, 0.25) is 11.8 Å². The molecule has 0 bridgehead atoms. The van der Waals surface area contributed by atoms with E-state index in [1.165, 1.54) is 0 Å². The molecule has 1 saturated heterocycles. The molecule has 16 heavy (non-hydrogen) atoms. The van der Waals surface area contributed by atoms with Crippen molar-refractivity contribution in [3.05, 3.63) is 0 Å². The quantitative estimate of drug-likeness (QED) is 0.778. The van der Waals surface area contributed by atoms with Crippen LogP contribution in [0.5, 0.6) is 0 Å². The average Bonchev–Trinajstić information content (AvgIpc) is 2.65. The first-order valence-electron chi connectivity index (χ1n) is 6.24. The van der Waals surface area contributed by atoms with Gasteiger partial charge in [0.1, 0.15) is 0 Å². The first kappa shape index (κ1) is 11.4. The molecule has 0 unspecified atom stereocenters. The second-order valence-corrected chi connectivity index (χ2v) is 5.04. The van der Waals surface area contributed by atoms with Gasteiger partial charge in [0.05, 0.1) is 0 Å². The summed E-state index contributed by atoms with van der Waals surface area (Å²) in [5, 5.41) is 0. The Morgan fingerprint density at radius 1 is 1.31 bits per heavy atom. The summed E-state index contributed by atoms with van der Waals surface area (Å²) in [5.41, 5.74) is 5.20. The van der Waals surface area contributed by atoms with Crippen LogP contribution in [0, 0.1) is 5.92 Å². The second-order valence-electron chi connectivity index (χ2n) is 5.04. The van der Waals surface area contributed by atoms with Gasteiger partial charge in [0.25, 0.3) is 0 Å². The molecule has 1 aliphatic carbocycles. The van der Waals surface area contributed by atoms with Crippen LogP contribution in [0.25, 0.3) is 0 Å². The SMILES string of the molecule is NC(=O)CC1CCC(N2CCCC2=O)CC1. The molecule has 2 aliphatic rings. The Kier molecular flexibility index (Phi) is 3.46. The van der Waals surface area contributed by atoms with E-state index in [0.29, 0.717) is 24.3 Å². The Bertz CT molecular complexity index is 283. The van der Waals surface area contributed by atoms with E-state index in [1.54, 1.807) is 0 Å². The molecule has 1 heterocycles. The fourth-order valence-electron chi connectivity index (χ4n) is 3.00. The summed E-state index contributed by atoms with van der Waals surface area (Å²) in [5.74, 6) is 0.575. The van der Waals surface area contributed by atoms with Crippen LogP contribution < -0.4 is 5.73 Å². The highest BCUT2D eigenvalue weighted by atomic mass is 16.2. The summed E-state index contributed by atoms with van der Waals surface area (Å²) in [6, 6.07) is 0.430. The molecule has 2 fully saturated rings. The number of likely N-dealkylation sites (tertiary alicyclic amines) is 1. The highest BCUT2D eigenvalue weighted by Gasteiger charge is 2.31. The van der Waals surface area contributed by atoms with Crippen molar-refractivity contribution in [3.63, 3.8) is 0 Å². The van der Waals surface area contributed by atoms with E-state index in [9.17, 15) is 9.59 Å². The van der Waals surface area contributed by atoms with Gasteiger partial charge in [-0.2, -0.15) is 0 Å².